The summed E-state index contributed by atoms with van der Waals surface area (Å²) in [6.45, 7) is 3.56. The Labute approximate surface area is 158 Å². The van der Waals surface area contributed by atoms with Crippen LogP contribution in [0.15, 0.2) is 41.8 Å². The number of likely N-dealkylation sites (N-methyl/N-ethyl adjacent to an activating group) is 2. The molecule has 1 N–H and O–H groups in total. The van der Waals surface area contributed by atoms with E-state index in [0.29, 0.717) is 18.8 Å². The predicted molar refractivity (Wildman–Crippen MR) is 105 cm³/mol. The van der Waals surface area contributed by atoms with Crippen LogP contribution in [0.3, 0.4) is 0 Å². The lowest BCUT2D eigenvalue weighted by molar-refractivity contribution is -0.132. The molecule has 0 aliphatic rings. The van der Waals surface area contributed by atoms with E-state index in [9.17, 15) is 9.59 Å². The van der Waals surface area contributed by atoms with Crippen molar-refractivity contribution in [3.8, 4) is 5.75 Å². The van der Waals surface area contributed by atoms with Crippen LogP contribution in [0, 0.1) is 0 Å². The molecular formula is C19H25N3O3S. The maximum Gasteiger partial charge on any atom is 0.238 e. The van der Waals surface area contributed by atoms with Crippen molar-refractivity contribution in [2.75, 3.05) is 39.1 Å². The van der Waals surface area contributed by atoms with E-state index in [0.717, 1.165) is 10.6 Å². The van der Waals surface area contributed by atoms with Gasteiger partial charge in [-0.2, -0.15) is 0 Å². The fraction of sp³-hybridized carbons (Fsp3) is 0.368. The Morgan fingerprint density at radius 3 is 2.46 bits per heavy atom. The topological polar surface area (TPSA) is 61.9 Å². The van der Waals surface area contributed by atoms with E-state index in [1.807, 2.05) is 24.4 Å². The summed E-state index contributed by atoms with van der Waals surface area (Å²) in [6.07, 6.45) is 0. The van der Waals surface area contributed by atoms with Gasteiger partial charge in [-0.15, -0.1) is 11.3 Å². The fourth-order valence-electron chi connectivity index (χ4n) is 2.47. The van der Waals surface area contributed by atoms with Crippen LogP contribution < -0.4 is 10.1 Å². The maximum atomic E-state index is 12.5. The number of hydrogen-bond donors (Lipinski definition) is 1. The van der Waals surface area contributed by atoms with Gasteiger partial charge in [0, 0.05) is 17.1 Å². The minimum absolute atomic E-state index is 0.0145. The van der Waals surface area contributed by atoms with E-state index in [1.54, 1.807) is 59.6 Å². The molecule has 26 heavy (non-hydrogen) atoms. The molecule has 0 unspecified atom stereocenters. The highest BCUT2D eigenvalue weighted by molar-refractivity contribution is 7.09. The summed E-state index contributed by atoms with van der Waals surface area (Å²) >= 11 is 1.64. The third-order valence-electron chi connectivity index (χ3n) is 3.85. The molecule has 0 aliphatic carbocycles. The zero-order valence-electron chi connectivity index (χ0n) is 15.4. The maximum absolute atomic E-state index is 12.5. The van der Waals surface area contributed by atoms with Crippen molar-refractivity contribution in [2.45, 2.75) is 13.5 Å². The number of anilines is 1. The first-order valence-electron chi connectivity index (χ1n) is 8.44. The van der Waals surface area contributed by atoms with Gasteiger partial charge in [0.2, 0.25) is 11.8 Å². The van der Waals surface area contributed by atoms with Gasteiger partial charge in [-0.3, -0.25) is 14.5 Å². The molecule has 0 atom stereocenters. The first-order valence-corrected chi connectivity index (χ1v) is 9.32. The third-order valence-corrected chi connectivity index (χ3v) is 4.71. The molecule has 7 heteroatoms. The minimum atomic E-state index is -0.160. The molecule has 0 bridgehead atoms. The van der Waals surface area contributed by atoms with E-state index >= 15 is 0 Å². The van der Waals surface area contributed by atoms with Crippen molar-refractivity contribution in [1.29, 1.82) is 0 Å². The molecule has 1 heterocycles. The summed E-state index contributed by atoms with van der Waals surface area (Å²) in [5.41, 5.74) is 0.698. The standard InChI is InChI=1S/C19H25N3O3S/c1-4-22(12-17-6-5-11-26-17)19(24)14-21(2)13-18(23)20-15-7-9-16(25-3)10-8-15/h5-11H,4,12-14H2,1-3H3,(H,20,23). The first-order chi connectivity index (χ1) is 12.5. The van der Waals surface area contributed by atoms with Crippen LogP contribution in [0.5, 0.6) is 5.75 Å². The lowest BCUT2D eigenvalue weighted by Crippen LogP contribution is -2.41. The first kappa shape index (κ1) is 19.9. The van der Waals surface area contributed by atoms with Gasteiger partial charge < -0.3 is 15.0 Å². The highest BCUT2D eigenvalue weighted by atomic mass is 32.1. The van der Waals surface area contributed by atoms with Crippen LogP contribution in [0.1, 0.15) is 11.8 Å². The SMILES string of the molecule is CCN(Cc1cccs1)C(=O)CN(C)CC(=O)Nc1ccc(OC)cc1. The Bertz CT molecular complexity index is 701. The summed E-state index contributed by atoms with van der Waals surface area (Å²) < 4.78 is 5.09. The summed E-state index contributed by atoms with van der Waals surface area (Å²) in [5.74, 6) is 0.587. The Morgan fingerprint density at radius 1 is 1.15 bits per heavy atom. The number of nitrogens with one attached hydrogen (secondary N) is 1. The van der Waals surface area contributed by atoms with Crippen molar-refractivity contribution in [3.05, 3.63) is 46.7 Å². The second-order valence-electron chi connectivity index (χ2n) is 5.94. The monoisotopic (exact) mass is 375 g/mol. The zero-order chi connectivity index (χ0) is 18.9. The number of hydrogen-bond acceptors (Lipinski definition) is 5. The Balaban J connectivity index is 1.80. The zero-order valence-corrected chi connectivity index (χ0v) is 16.2. The molecule has 2 amide bonds. The molecule has 0 saturated heterocycles. The van der Waals surface area contributed by atoms with E-state index in [1.165, 1.54) is 0 Å². The highest BCUT2D eigenvalue weighted by Gasteiger charge is 2.16. The van der Waals surface area contributed by atoms with Crippen LogP contribution in [-0.4, -0.2) is 55.4 Å². The summed E-state index contributed by atoms with van der Waals surface area (Å²) in [7, 11) is 3.36. The van der Waals surface area contributed by atoms with Crippen LogP contribution in [0.25, 0.3) is 0 Å². The van der Waals surface area contributed by atoms with Crippen LogP contribution in [0.2, 0.25) is 0 Å². The number of amides is 2. The van der Waals surface area contributed by atoms with E-state index in [2.05, 4.69) is 5.32 Å². The fourth-order valence-corrected chi connectivity index (χ4v) is 3.19. The number of benzene rings is 1. The number of ether oxygens (including phenoxy) is 1. The quantitative estimate of drug-likeness (QED) is 0.732. The molecule has 2 rings (SSSR count). The Morgan fingerprint density at radius 2 is 1.88 bits per heavy atom. The highest BCUT2D eigenvalue weighted by Crippen LogP contribution is 2.15. The molecule has 0 radical (unpaired) electrons. The average molecular weight is 375 g/mol. The number of rotatable bonds is 9. The van der Waals surface area contributed by atoms with Gasteiger partial charge in [0.1, 0.15) is 5.75 Å². The molecule has 0 spiro atoms. The number of methoxy groups -OCH3 is 1. The molecule has 0 fully saturated rings. The Hall–Kier alpha value is -2.38. The number of thiophene rings is 1. The van der Waals surface area contributed by atoms with Gasteiger partial charge in [-0.25, -0.2) is 0 Å². The Kier molecular flexibility index (Phi) is 7.62. The van der Waals surface area contributed by atoms with Gasteiger partial charge in [-0.1, -0.05) is 6.07 Å². The van der Waals surface area contributed by atoms with Crippen molar-refractivity contribution < 1.29 is 14.3 Å². The smallest absolute Gasteiger partial charge is 0.238 e. The van der Waals surface area contributed by atoms with Crippen molar-refractivity contribution in [1.82, 2.24) is 9.80 Å². The molecular weight excluding hydrogens is 350 g/mol. The van der Waals surface area contributed by atoms with Gasteiger partial charge in [0.05, 0.1) is 26.7 Å². The molecule has 140 valence electrons. The predicted octanol–water partition coefficient (Wildman–Crippen LogP) is 2.68. The summed E-state index contributed by atoms with van der Waals surface area (Å²) in [6, 6.07) is 11.1. The molecule has 6 nitrogen and oxygen atoms in total. The minimum Gasteiger partial charge on any atom is -0.497 e. The van der Waals surface area contributed by atoms with E-state index in [4.69, 9.17) is 4.74 Å². The van der Waals surface area contributed by atoms with Crippen molar-refractivity contribution in [2.24, 2.45) is 0 Å². The van der Waals surface area contributed by atoms with Crippen LogP contribution in [-0.2, 0) is 16.1 Å². The summed E-state index contributed by atoms with van der Waals surface area (Å²) in [4.78, 5) is 29.3. The molecule has 1 aromatic heterocycles. The lowest BCUT2D eigenvalue weighted by Gasteiger charge is -2.23. The van der Waals surface area contributed by atoms with Gasteiger partial charge >= 0.3 is 0 Å². The summed E-state index contributed by atoms with van der Waals surface area (Å²) in [5, 5.41) is 4.82. The number of nitrogens with zero attached hydrogens (tertiary/aromatic N) is 2. The van der Waals surface area contributed by atoms with Gasteiger partial charge in [0.25, 0.3) is 0 Å². The van der Waals surface area contributed by atoms with E-state index < -0.39 is 0 Å². The molecule has 0 aliphatic heterocycles. The second-order valence-corrected chi connectivity index (χ2v) is 6.97. The van der Waals surface area contributed by atoms with Crippen molar-refractivity contribution in [3.63, 3.8) is 0 Å². The van der Waals surface area contributed by atoms with Crippen LogP contribution >= 0.6 is 11.3 Å². The van der Waals surface area contributed by atoms with E-state index in [-0.39, 0.29) is 24.9 Å². The number of carbonyl (C=O) groups excluding carboxylic acids is 2. The normalized spacial score (nSPS) is 10.6. The largest absolute Gasteiger partial charge is 0.497 e. The van der Waals surface area contributed by atoms with Crippen LogP contribution in [0.4, 0.5) is 5.69 Å². The van der Waals surface area contributed by atoms with Gasteiger partial charge in [0.15, 0.2) is 0 Å². The second kappa shape index (κ2) is 9.94. The van der Waals surface area contributed by atoms with Gasteiger partial charge in [-0.05, 0) is 49.7 Å². The van der Waals surface area contributed by atoms with Crippen molar-refractivity contribution >= 4 is 28.8 Å². The number of carbonyl (C=O) groups is 2. The lowest BCUT2D eigenvalue weighted by atomic mass is 10.3. The molecule has 1 aromatic carbocycles. The molecule has 0 saturated carbocycles. The molecule has 2 aromatic rings. The third kappa shape index (κ3) is 6.16. The average Bonchev–Trinajstić information content (AvgIpc) is 3.13.